The van der Waals surface area contributed by atoms with Crippen molar-refractivity contribution < 1.29 is 0 Å². The summed E-state index contributed by atoms with van der Waals surface area (Å²) in [5, 5.41) is 2.94. The van der Waals surface area contributed by atoms with Crippen molar-refractivity contribution in [2.75, 3.05) is 5.32 Å². The Kier molecular flexibility index (Phi) is 4.45. The second kappa shape index (κ2) is 6.09. The molecule has 2 rings (SSSR count). The van der Waals surface area contributed by atoms with Crippen LogP contribution in [0.5, 0.6) is 0 Å². The lowest BCUT2D eigenvalue weighted by Gasteiger charge is -2.14. The number of hydrogen-bond donors (Lipinski definition) is 1. The first-order chi connectivity index (χ1) is 9.50. The third-order valence-corrected chi connectivity index (χ3v) is 3.30. The fourth-order valence-corrected chi connectivity index (χ4v) is 2.19. The quantitative estimate of drug-likeness (QED) is 0.870. The van der Waals surface area contributed by atoms with Crippen molar-refractivity contribution in [1.29, 1.82) is 0 Å². The molecule has 4 nitrogen and oxygen atoms in total. The summed E-state index contributed by atoms with van der Waals surface area (Å²) in [5.41, 5.74) is 1.61. The molecule has 1 atom stereocenters. The first-order valence-corrected chi connectivity index (χ1v) is 7.01. The Hall–Kier alpha value is -1.81. The van der Waals surface area contributed by atoms with E-state index in [2.05, 4.69) is 10.3 Å². The van der Waals surface area contributed by atoms with Gasteiger partial charge in [0.15, 0.2) is 5.82 Å². The van der Waals surface area contributed by atoms with Gasteiger partial charge in [-0.05, 0) is 32.4 Å². The Morgan fingerprint density at radius 2 is 1.95 bits per heavy atom. The Morgan fingerprint density at radius 1 is 1.25 bits per heavy atom. The molecule has 0 aliphatic carbocycles. The monoisotopic (exact) mass is 291 g/mol. The summed E-state index contributed by atoms with van der Waals surface area (Å²) in [7, 11) is 0. The minimum absolute atomic E-state index is 0.0910. The van der Waals surface area contributed by atoms with E-state index in [9.17, 15) is 4.79 Å². The van der Waals surface area contributed by atoms with E-state index in [4.69, 9.17) is 11.6 Å². The van der Waals surface area contributed by atoms with Crippen LogP contribution in [0, 0.1) is 0 Å². The minimum Gasteiger partial charge on any atom is -0.335 e. The number of hydrogen-bond acceptors (Lipinski definition) is 3. The van der Waals surface area contributed by atoms with Crippen LogP contribution in [0.25, 0.3) is 0 Å². The molecule has 0 saturated heterocycles. The van der Waals surface area contributed by atoms with Crippen LogP contribution in [-0.2, 0) is 0 Å². The summed E-state index contributed by atoms with van der Waals surface area (Å²) >= 11 is 6.15. The van der Waals surface area contributed by atoms with Crippen molar-refractivity contribution in [2.24, 2.45) is 0 Å². The minimum atomic E-state index is -0.144. The van der Waals surface area contributed by atoms with Crippen molar-refractivity contribution in [1.82, 2.24) is 9.55 Å². The van der Waals surface area contributed by atoms with E-state index < -0.39 is 0 Å². The van der Waals surface area contributed by atoms with Crippen LogP contribution in [0.15, 0.2) is 41.5 Å². The molecular formula is C15H18ClN3O. The Labute approximate surface area is 123 Å². The van der Waals surface area contributed by atoms with Crippen molar-refractivity contribution in [2.45, 2.75) is 32.2 Å². The number of anilines is 2. The van der Waals surface area contributed by atoms with E-state index in [0.29, 0.717) is 5.82 Å². The van der Waals surface area contributed by atoms with Gasteiger partial charge in [0.2, 0.25) is 0 Å². The maximum atomic E-state index is 12.3. The van der Waals surface area contributed by atoms with Crippen LogP contribution in [0.2, 0.25) is 0 Å². The lowest BCUT2D eigenvalue weighted by molar-refractivity contribution is 0.576. The third kappa shape index (κ3) is 3.02. The molecule has 20 heavy (non-hydrogen) atoms. The lowest BCUT2D eigenvalue weighted by Crippen LogP contribution is -2.24. The Balaban J connectivity index is 2.41. The molecule has 1 aromatic carbocycles. The highest BCUT2D eigenvalue weighted by Crippen LogP contribution is 2.28. The van der Waals surface area contributed by atoms with Crippen molar-refractivity contribution in [3.63, 3.8) is 0 Å². The van der Waals surface area contributed by atoms with E-state index >= 15 is 0 Å². The largest absolute Gasteiger partial charge is 0.335 e. The summed E-state index contributed by atoms with van der Waals surface area (Å²) in [6.45, 7) is 5.81. The van der Waals surface area contributed by atoms with Gasteiger partial charge in [-0.3, -0.25) is 4.79 Å². The predicted octanol–water partition coefficient (Wildman–Crippen LogP) is 3.87. The van der Waals surface area contributed by atoms with Gasteiger partial charge in [0.25, 0.3) is 5.56 Å². The van der Waals surface area contributed by atoms with Crippen LogP contribution >= 0.6 is 11.6 Å². The zero-order valence-corrected chi connectivity index (χ0v) is 12.6. The number of aromatic nitrogens is 2. The topological polar surface area (TPSA) is 46.9 Å². The van der Waals surface area contributed by atoms with E-state index in [-0.39, 0.29) is 17.0 Å². The summed E-state index contributed by atoms with van der Waals surface area (Å²) < 4.78 is 1.64. The van der Waals surface area contributed by atoms with Gasteiger partial charge in [-0.25, -0.2) is 4.98 Å². The lowest BCUT2D eigenvalue weighted by atomic mass is 10.1. The van der Waals surface area contributed by atoms with E-state index in [0.717, 1.165) is 11.3 Å². The smallest absolute Gasteiger partial charge is 0.293 e. The molecule has 1 aromatic heterocycles. The molecule has 0 saturated carbocycles. The van der Waals surface area contributed by atoms with Crippen LogP contribution < -0.4 is 10.9 Å². The highest BCUT2D eigenvalue weighted by molar-refractivity contribution is 6.21. The molecule has 0 radical (unpaired) electrons. The normalized spacial score (nSPS) is 12.4. The van der Waals surface area contributed by atoms with Crippen molar-refractivity contribution >= 4 is 23.1 Å². The van der Waals surface area contributed by atoms with Gasteiger partial charge < -0.3 is 9.88 Å². The van der Waals surface area contributed by atoms with E-state index in [1.165, 1.54) is 0 Å². The molecule has 0 aliphatic heterocycles. The molecule has 0 spiro atoms. The fourth-order valence-electron chi connectivity index (χ4n) is 2.00. The van der Waals surface area contributed by atoms with Crippen LogP contribution in [0.4, 0.5) is 11.5 Å². The second-order valence-electron chi connectivity index (χ2n) is 4.91. The molecule has 0 fully saturated rings. The summed E-state index contributed by atoms with van der Waals surface area (Å²) in [5.74, 6) is 0.311. The first-order valence-electron chi connectivity index (χ1n) is 6.58. The van der Waals surface area contributed by atoms with Gasteiger partial charge in [0, 0.05) is 24.1 Å². The third-order valence-electron chi connectivity index (χ3n) is 3.07. The molecule has 0 amide bonds. The number of benzene rings is 1. The first kappa shape index (κ1) is 14.6. The van der Waals surface area contributed by atoms with Crippen LogP contribution in [0.1, 0.15) is 37.8 Å². The van der Waals surface area contributed by atoms with E-state index in [1.54, 1.807) is 17.0 Å². The Morgan fingerprint density at radius 3 is 2.60 bits per heavy atom. The zero-order chi connectivity index (χ0) is 14.7. The number of rotatable bonds is 4. The van der Waals surface area contributed by atoms with E-state index in [1.807, 2.05) is 45.0 Å². The molecule has 106 valence electrons. The molecule has 1 N–H and O–H groups in total. The average molecular weight is 292 g/mol. The molecule has 1 unspecified atom stereocenters. The van der Waals surface area contributed by atoms with Gasteiger partial charge >= 0.3 is 0 Å². The fraction of sp³-hybridized carbons (Fsp3) is 0.333. The van der Waals surface area contributed by atoms with Crippen molar-refractivity contribution in [3.05, 3.63) is 52.6 Å². The predicted molar refractivity (Wildman–Crippen MR) is 82.9 cm³/mol. The second-order valence-corrected chi connectivity index (χ2v) is 5.56. The maximum absolute atomic E-state index is 12.3. The molecule has 0 bridgehead atoms. The van der Waals surface area contributed by atoms with Gasteiger partial charge in [0.1, 0.15) is 0 Å². The number of alkyl halides is 1. The average Bonchev–Trinajstić information content (AvgIpc) is 2.41. The number of para-hydroxylation sites is 1. The highest BCUT2D eigenvalue weighted by Gasteiger charge is 2.11. The van der Waals surface area contributed by atoms with Crippen molar-refractivity contribution in [3.8, 4) is 0 Å². The van der Waals surface area contributed by atoms with Crippen LogP contribution in [-0.4, -0.2) is 9.55 Å². The maximum Gasteiger partial charge on any atom is 0.293 e. The molecule has 0 aliphatic rings. The number of nitrogens with zero attached hydrogens (tertiary/aromatic N) is 2. The molecule has 1 heterocycles. The molecule has 2 aromatic rings. The van der Waals surface area contributed by atoms with Crippen LogP contribution in [0.3, 0.4) is 0 Å². The van der Waals surface area contributed by atoms with Gasteiger partial charge in [-0.15, -0.1) is 11.6 Å². The van der Waals surface area contributed by atoms with Gasteiger partial charge in [-0.2, -0.15) is 0 Å². The van der Waals surface area contributed by atoms with Gasteiger partial charge in [-0.1, -0.05) is 18.2 Å². The number of nitrogens with one attached hydrogen (secondary N) is 1. The summed E-state index contributed by atoms with van der Waals surface area (Å²) in [6, 6.07) is 7.74. The Bertz CT molecular complexity index is 650. The SMILES string of the molecule is CC(Cl)c1ccccc1Nc1nccn(C(C)C)c1=O. The molecular weight excluding hydrogens is 274 g/mol. The number of halogens is 1. The summed E-state index contributed by atoms with van der Waals surface area (Å²) in [6.07, 6.45) is 3.31. The summed E-state index contributed by atoms with van der Waals surface area (Å²) in [4.78, 5) is 16.4. The zero-order valence-electron chi connectivity index (χ0n) is 11.8. The highest BCUT2D eigenvalue weighted by atomic mass is 35.5. The van der Waals surface area contributed by atoms with Gasteiger partial charge in [0.05, 0.1) is 5.38 Å². The standard InChI is InChI=1S/C15H18ClN3O/c1-10(2)19-9-8-17-14(15(19)20)18-13-7-5-4-6-12(13)11(3)16/h4-11H,1-3H3,(H,17,18). The molecule has 5 heteroatoms.